The van der Waals surface area contributed by atoms with E-state index in [0.29, 0.717) is 5.56 Å². The molecule has 0 aliphatic heterocycles. The van der Waals surface area contributed by atoms with Gasteiger partial charge in [-0.05, 0) is 31.5 Å². The van der Waals surface area contributed by atoms with Crippen LogP contribution in [0.25, 0.3) is 10.2 Å². The fraction of sp³-hybridized carbons (Fsp3) is 0.308. The van der Waals surface area contributed by atoms with Crippen LogP contribution in [0.1, 0.15) is 29.2 Å². The minimum Gasteiger partial charge on any atom is -0.460 e. The van der Waals surface area contributed by atoms with E-state index in [1.807, 2.05) is 6.92 Å². The molecular formula is C13H13NO3S. The molecule has 1 aromatic heterocycles. The third-order valence-corrected chi connectivity index (χ3v) is 3.62. The first-order valence-electron chi connectivity index (χ1n) is 5.76. The topological polar surface area (TPSA) is 56.3 Å². The number of thiazole rings is 1. The van der Waals surface area contributed by atoms with Crippen LogP contribution in [0.5, 0.6) is 0 Å². The molecule has 0 fully saturated rings. The van der Waals surface area contributed by atoms with Gasteiger partial charge in [-0.15, -0.1) is 11.3 Å². The van der Waals surface area contributed by atoms with Crippen LogP contribution in [0.2, 0.25) is 0 Å². The summed E-state index contributed by atoms with van der Waals surface area (Å²) in [6, 6.07) is 5.07. The summed E-state index contributed by atoms with van der Waals surface area (Å²) in [4.78, 5) is 27.5. The van der Waals surface area contributed by atoms with Crippen molar-refractivity contribution in [2.45, 2.75) is 20.3 Å². The number of ketones is 1. The lowest BCUT2D eigenvalue weighted by molar-refractivity contribution is -0.137. The number of ether oxygens (including phenoxy) is 1. The third-order valence-electron chi connectivity index (χ3n) is 2.46. The van der Waals surface area contributed by atoms with Gasteiger partial charge >= 0.3 is 5.97 Å². The first-order chi connectivity index (χ1) is 8.65. The number of nitrogens with zero attached hydrogens (tertiary/aromatic N) is 1. The Labute approximate surface area is 109 Å². The molecule has 1 aromatic carbocycles. The summed E-state index contributed by atoms with van der Waals surface area (Å²) >= 11 is 1.54. The molecule has 4 nitrogen and oxygen atoms in total. The summed E-state index contributed by atoms with van der Waals surface area (Å²) in [5.41, 5.74) is 1.21. The second-order valence-electron chi connectivity index (χ2n) is 3.69. The lowest BCUT2D eigenvalue weighted by atomic mass is 10.1. The second kappa shape index (κ2) is 5.27. The highest BCUT2D eigenvalue weighted by atomic mass is 32.1. The average Bonchev–Trinajstić information content (AvgIpc) is 2.79. The summed E-state index contributed by atoms with van der Waals surface area (Å²) in [6.07, 6.45) is 0.862. The molecule has 0 aliphatic rings. The van der Waals surface area contributed by atoms with E-state index in [-0.39, 0.29) is 6.61 Å². The van der Waals surface area contributed by atoms with Gasteiger partial charge in [0.05, 0.1) is 21.8 Å². The highest BCUT2D eigenvalue weighted by molar-refractivity contribution is 7.18. The summed E-state index contributed by atoms with van der Waals surface area (Å²) in [7, 11) is 0. The number of fused-ring (bicyclic) bond motifs is 1. The minimum absolute atomic E-state index is 0.202. The van der Waals surface area contributed by atoms with E-state index in [4.69, 9.17) is 4.74 Å². The van der Waals surface area contributed by atoms with Crippen molar-refractivity contribution in [1.82, 2.24) is 4.98 Å². The molecule has 94 valence electrons. The quantitative estimate of drug-likeness (QED) is 0.483. The zero-order valence-electron chi connectivity index (χ0n) is 10.2. The number of aryl methyl sites for hydroxylation is 1. The Morgan fingerprint density at radius 1 is 1.33 bits per heavy atom. The summed E-state index contributed by atoms with van der Waals surface area (Å²) < 4.78 is 5.61. The smallest absolute Gasteiger partial charge is 0.379 e. The molecule has 0 amide bonds. The standard InChI is InChI=1S/C13H13NO3S/c1-3-11-14-9-6-5-8(7-10(9)18-11)12(15)13(16)17-4-2/h5-7H,3-4H2,1-2H3. The van der Waals surface area contributed by atoms with Gasteiger partial charge in [-0.3, -0.25) is 4.79 Å². The van der Waals surface area contributed by atoms with Gasteiger partial charge in [0.2, 0.25) is 0 Å². The number of carbonyl (C=O) groups excluding carboxylic acids is 2. The molecule has 0 spiro atoms. The Balaban J connectivity index is 2.34. The van der Waals surface area contributed by atoms with Crippen molar-refractivity contribution in [2.24, 2.45) is 0 Å². The maximum atomic E-state index is 11.8. The molecule has 0 unspecified atom stereocenters. The van der Waals surface area contributed by atoms with Gasteiger partial charge in [0.15, 0.2) is 0 Å². The van der Waals surface area contributed by atoms with E-state index in [1.54, 1.807) is 25.1 Å². The summed E-state index contributed by atoms with van der Waals surface area (Å²) in [5, 5.41) is 1.02. The van der Waals surface area contributed by atoms with E-state index in [0.717, 1.165) is 21.6 Å². The van der Waals surface area contributed by atoms with Crippen molar-refractivity contribution in [2.75, 3.05) is 6.61 Å². The predicted molar refractivity (Wildman–Crippen MR) is 70.0 cm³/mol. The zero-order valence-corrected chi connectivity index (χ0v) is 11.0. The van der Waals surface area contributed by atoms with E-state index < -0.39 is 11.8 Å². The molecule has 0 saturated heterocycles. The van der Waals surface area contributed by atoms with Crippen molar-refractivity contribution >= 4 is 33.3 Å². The van der Waals surface area contributed by atoms with Crippen molar-refractivity contribution in [3.63, 3.8) is 0 Å². The number of aromatic nitrogens is 1. The number of benzene rings is 1. The van der Waals surface area contributed by atoms with E-state index in [2.05, 4.69) is 4.98 Å². The largest absolute Gasteiger partial charge is 0.460 e. The van der Waals surface area contributed by atoms with Crippen molar-refractivity contribution in [1.29, 1.82) is 0 Å². The van der Waals surface area contributed by atoms with Gasteiger partial charge in [-0.1, -0.05) is 6.92 Å². The van der Waals surface area contributed by atoms with Crippen LogP contribution in [0.15, 0.2) is 18.2 Å². The molecular weight excluding hydrogens is 250 g/mol. The molecule has 0 saturated carbocycles. The summed E-state index contributed by atoms with van der Waals surface area (Å²) in [5.74, 6) is -1.41. The molecule has 18 heavy (non-hydrogen) atoms. The molecule has 2 aromatic rings. The predicted octanol–water partition coefficient (Wildman–Crippen LogP) is 2.60. The van der Waals surface area contributed by atoms with Crippen LogP contribution in [0, 0.1) is 0 Å². The lowest BCUT2D eigenvalue weighted by Crippen LogP contribution is -2.17. The van der Waals surface area contributed by atoms with Crippen LogP contribution in [-0.2, 0) is 16.0 Å². The van der Waals surface area contributed by atoms with Crippen LogP contribution >= 0.6 is 11.3 Å². The van der Waals surface area contributed by atoms with Crippen LogP contribution in [0.4, 0.5) is 0 Å². The molecule has 0 aliphatic carbocycles. The SMILES string of the molecule is CCOC(=O)C(=O)c1ccc2nc(CC)sc2c1. The molecule has 0 atom stereocenters. The van der Waals surface area contributed by atoms with E-state index in [1.165, 1.54) is 11.3 Å². The molecule has 0 radical (unpaired) electrons. The van der Waals surface area contributed by atoms with Gasteiger partial charge in [0, 0.05) is 5.56 Å². The van der Waals surface area contributed by atoms with E-state index >= 15 is 0 Å². The number of hydrogen-bond acceptors (Lipinski definition) is 5. The van der Waals surface area contributed by atoms with Crippen molar-refractivity contribution in [3.8, 4) is 0 Å². The maximum absolute atomic E-state index is 11.8. The highest BCUT2D eigenvalue weighted by Gasteiger charge is 2.18. The third kappa shape index (κ3) is 2.41. The normalized spacial score (nSPS) is 10.6. The lowest BCUT2D eigenvalue weighted by Gasteiger charge is -2.00. The fourth-order valence-electron chi connectivity index (χ4n) is 1.58. The van der Waals surface area contributed by atoms with Crippen molar-refractivity contribution in [3.05, 3.63) is 28.8 Å². The maximum Gasteiger partial charge on any atom is 0.379 e. The van der Waals surface area contributed by atoms with Crippen LogP contribution < -0.4 is 0 Å². The van der Waals surface area contributed by atoms with Gasteiger partial charge in [-0.25, -0.2) is 9.78 Å². The van der Waals surface area contributed by atoms with Gasteiger partial charge in [-0.2, -0.15) is 0 Å². The van der Waals surface area contributed by atoms with Crippen LogP contribution in [0.3, 0.4) is 0 Å². The number of hydrogen-bond donors (Lipinski definition) is 0. The number of rotatable bonds is 4. The Bertz CT molecular complexity index is 603. The van der Waals surface area contributed by atoms with Gasteiger partial charge < -0.3 is 4.74 Å². The monoisotopic (exact) mass is 263 g/mol. The minimum atomic E-state index is -0.808. The molecule has 0 N–H and O–H groups in total. The zero-order chi connectivity index (χ0) is 13.1. The van der Waals surface area contributed by atoms with Crippen LogP contribution in [-0.4, -0.2) is 23.3 Å². The fourth-order valence-corrected chi connectivity index (χ4v) is 2.53. The average molecular weight is 263 g/mol. The number of esters is 1. The summed E-state index contributed by atoms with van der Waals surface area (Å²) in [6.45, 7) is 3.90. The Hall–Kier alpha value is -1.75. The Morgan fingerprint density at radius 2 is 2.11 bits per heavy atom. The number of Topliss-reactive ketones (excluding diaryl/α,β-unsaturated/α-hetero) is 1. The molecule has 0 bridgehead atoms. The highest BCUT2D eigenvalue weighted by Crippen LogP contribution is 2.23. The van der Waals surface area contributed by atoms with Crippen molar-refractivity contribution < 1.29 is 14.3 Å². The van der Waals surface area contributed by atoms with E-state index in [9.17, 15) is 9.59 Å². The van der Waals surface area contributed by atoms with Gasteiger partial charge in [0.1, 0.15) is 0 Å². The first kappa shape index (κ1) is 12.7. The molecule has 1 heterocycles. The first-order valence-corrected chi connectivity index (χ1v) is 6.58. The number of carbonyl (C=O) groups is 2. The molecule has 2 rings (SSSR count). The second-order valence-corrected chi connectivity index (χ2v) is 4.81. The molecule has 5 heteroatoms. The Morgan fingerprint density at radius 3 is 2.78 bits per heavy atom. The van der Waals surface area contributed by atoms with Gasteiger partial charge in [0.25, 0.3) is 5.78 Å². The Kier molecular flexibility index (Phi) is 3.72.